The number of hydrogen-bond acceptors (Lipinski definition) is 5. The van der Waals surface area contributed by atoms with Gasteiger partial charge in [0.1, 0.15) is 34.1 Å². The summed E-state index contributed by atoms with van der Waals surface area (Å²) in [5, 5.41) is 13.9. The Morgan fingerprint density at radius 2 is 1.89 bits per heavy atom. The highest BCUT2D eigenvalue weighted by Crippen LogP contribution is 2.39. The Balaban J connectivity index is 2.00. The zero-order valence-electron chi connectivity index (χ0n) is 21.1. The molecule has 3 N–H and O–H groups in total. The number of halogens is 1. The molecule has 0 aliphatic rings. The Kier molecular flexibility index (Phi) is 6.44. The van der Waals surface area contributed by atoms with Crippen molar-refractivity contribution in [3.63, 3.8) is 0 Å². The van der Waals surface area contributed by atoms with E-state index in [-0.39, 0.29) is 28.5 Å². The third-order valence-electron chi connectivity index (χ3n) is 5.92. The SMILES string of the molecule is CCNC(=O)c1cc2c(-c3nc(C(C)(C)O)ccc3Oc3c(C)cc(F)cc3C)cn(C)c(=O)c2[nH]1. The average molecular weight is 493 g/mol. The summed E-state index contributed by atoms with van der Waals surface area (Å²) < 4.78 is 21.6. The van der Waals surface area contributed by atoms with Crippen LogP contribution >= 0.6 is 0 Å². The predicted molar refractivity (Wildman–Crippen MR) is 136 cm³/mol. The smallest absolute Gasteiger partial charge is 0.274 e. The maximum Gasteiger partial charge on any atom is 0.274 e. The third-order valence-corrected chi connectivity index (χ3v) is 5.92. The molecule has 0 radical (unpaired) electrons. The Morgan fingerprint density at radius 3 is 2.50 bits per heavy atom. The molecule has 4 rings (SSSR count). The number of nitrogens with one attached hydrogen (secondary N) is 2. The van der Waals surface area contributed by atoms with Gasteiger partial charge in [-0.05, 0) is 76.1 Å². The Labute approximate surface area is 207 Å². The van der Waals surface area contributed by atoms with Crippen LogP contribution in [0.5, 0.6) is 11.5 Å². The van der Waals surface area contributed by atoms with E-state index < -0.39 is 5.60 Å². The number of aromatic amines is 1. The van der Waals surface area contributed by atoms with Crippen molar-refractivity contribution < 1.29 is 19.0 Å². The molecule has 0 aliphatic carbocycles. The van der Waals surface area contributed by atoms with E-state index in [1.807, 2.05) is 0 Å². The molecule has 0 spiro atoms. The largest absolute Gasteiger partial charge is 0.455 e. The first-order valence-electron chi connectivity index (χ1n) is 11.6. The molecular weight excluding hydrogens is 463 g/mol. The number of ether oxygens (including phenoxy) is 1. The molecule has 0 atom stereocenters. The summed E-state index contributed by atoms with van der Waals surface area (Å²) in [5.41, 5.74) is 1.41. The molecule has 4 aromatic rings. The lowest BCUT2D eigenvalue weighted by atomic mass is 10.0. The molecule has 1 amide bonds. The fourth-order valence-electron chi connectivity index (χ4n) is 4.13. The number of amides is 1. The van der Waals surface area contributed by atoms with Gasteiger partial charge in [-0.3, -0.25) is 9.59 Å². The van der Waals surface area contributed by atoms with Crippen LogP contribution in [0.2, 0.25) is 0 Å². The van der Waals surface area contributed by atoms with Crippen LogP contribution in [-0.2, 0) is 12.6 Å². The van der Waals surface area contributed by atoms with E-state index in [1.165, 1.54) is 16.7 Å². The highest BCUT2D eigenvalue weighted by atomic mass is 19.1. The molecule has 0 aliphatic heterocycles. The Hall–Kier alpha value is -3.98. The van der Waals surface area contributed by atoms with E-state index in [4.69, 9.17) is 9.72 Å². The van der Waals surface area contributed by atoms with Gasteiger partial charge in [0.2, 0.25) is 0 Å². The normalized spacial score (nSPS) is 11.7. The summed E-state index contributed by atoms with van der Waals surface area (Å²) >= 11 is 0. The number of carbonyl (C=O) groups excluding carboxylic acids is 1. The van der Waals surface area contributed by atoms with Crippen molar-refractivity contribution in [2.75, 3.05) is 6.54 Å². The van der Waals surface area contributed by atoms with Crippen molar-refractivity contribution in [2.24, 2.45) is 7.05 Å². The van der Waals surface area contributed by atoms with Gasteiger partial charge in [0.05, 0.1) is 5.69 Å². The van der Waals surface area contributed by atoms with Crippen molar-refractivity contribution in [1.29, 1.82) is 0 Å². The van der Waals surface area contributed by atoms with Crippen molar-refractivity contribution in [3.05, 3.63) is 75.2 Å². The summed E-state index contributed by atoms with van der Waals surface area (Å²) in [7, 11) is 1.60. The van der Waals surface area contributed by atoms with Gasteiger partial charge in [0.25, 0.3) is 11.5 Å². The summed E-state index contributed by atoms with van der Waals surface area (Å²) in [6, 6.07) is 7.72. The molecule has 0 saturated carbocycles. The quantitative estimate of drug-likeness (QED) is 0.368. The number of pyridine rings is 2. The molecule has 8 nitrogen and oxygen atoms in total. The highest BCUT2D eigenvalue weighted by Gasteiger charge is 2.24. The number of fused-ring (bicyclic) bond motifs is 1. The average Bonchev–Trinajstić information content (AvgIpc) is 3.24. The van der Waals surface area contributed by atoms with Gasteiger partial charge < -0.3 is 24.7 Å². The Bertz CT molecular complexity index is 1520. The number of aryl methyl sites for hydroxylation is 3. The van der Waals surface area contributed by atoms with Crippen molar-refractivity contribution >= 4 is 16.8 Å². The lowest BCUT2D eigenvalue weighted by Crippen LogP contribution is -2.23. The highest BCUT2D eigenvalue weighted by molar-refractivity contribution is 6.02. The van der Waals surface area contributed by atoms with Gasteiger partial charge in [-0.15, -0.1) is 0 Å². The molecule has 0 fully saturated rings. The summed E-state index contributed by atoms with van der Waals surface area (Å²) in [4.78, 5) is 33.1. The molecule has 36 heavy (non-hydrogen) atoms. The van der Waals surface area contributed by atoms with E-state index in [2.05, 4.69) is 10.3 Å². The number of benzene rings is 1. The van der Waals surface area contributed by atoms with Crippen molar-refractivity contribution in [3.8, 4) is 22.8 Å². The summed E-state index contributed by atoms with van der Waals surface area (Å²) in [6.45, 7) is 8.97. The minimum atomic E-state index is -1.25. The first-order chi connectivity index (χ1) is 16.9. The van der Waals surface area contributed by atoms with Crippen molar-refractivity contribution in [2.45, 2.75) is 40.2 Å². The predicted octanol–water partition coefficient (Wildman–Crippen LogP) is 4.45. The molecule has 0 bridgehead atoms. The number of carbonyl (C=O) groups is 1. The maximum atomic E-state index is 13.9. The standard InChI is InChI=1S/C27H29FN4O4/c1-7-29-25(33)19-12-17-18(13-32(6)26(34)23(17)30-19)22-20(8-9-21(31-22)27(4,5)35)36-24-14(2)10-16(28)11-15(24)3/h8-13,30,35H,7H2,1-6H3,(H,29,33). The molecular formula is C27H29FN4O4. The van der Waals surface area contributed by atoms with Crippen molar-refractivity contribution in [1.82, 2.24) is 19.9 Å². The minimum Gasteiger partial charge on any atom is -0.455 e. The fourth-order valence-corrected chi connectivity index (χ4v) is 4.13. The third kappa shape index (κ3) is 4.61. The second-order valence-corrected chi connectivity index (χ2v) is 9.36. The van der Waals surface area contributed by atoms with Gasteiger partial charge in [-0.1, -0.05) is 0 Å². The van der Waals surface area contributed by atoms with E-state index in [1.54, 1.807) is 66.1 Å². The number of nitrogens with zero attached hydrogens (tertiary/aromatic N) is 2. The van der Waals surface area contributed by atoms with Crippen LogP contribution in [0.25, 0.3) is 22.2 Å². The van der Waals surface area contributed by atoms with E-state index in [9.17, 15) is 19.1 Å². The van der Waals surface area contributed by atoms with E-state index in [0.717, 1.165) is 0 Å². The first-order valence-corrected chi connectivity index (χ1v) is 11.6. The van der Waals surface area contributed by atoms with E-state index >= 15 is 0 Å². The number of aliphatic hydroxyl groups is 1. The molecule has 0 unspecified atom stereocenters. The number of rotatable bonds is 6. The lowest BCUT2D eigenvalue weighted by molar-refractivity contribution is 0.0739. The van der Waals surface area contributed by atoms with Crippen LogP contribution in [0.1, 0.15) is 48.1 Å². The molecule has 3 heterocycles. The van der Waals surface area contributed by atoms with Crippen LogP contribution in [0.3, 0.4) is 0 Å². The van der Waals surface area contributed by atoms with Gasteiger partial charge in [0, 0.05) is 30.7 Å². The van der Waals surface area contributed by atoms with Crippen LogP contribution in [0, 0.1) is 19.7 Å². The van der Waals surface area contributed by atoms with Gasteiger partial charge >= 0.3 is 0 Å². The van der Waals surface area contributed by atoms with Gasteiger partial charge in [-0.25, -0.2) is 9.37 Å². The zero-order chi connectivity index (χ0) is 26.4. The molecule has 1 aromatic carbocycles. The molecule has 3 aromatic heterocycles. The molecule has 0 saturated heterocycles. The number of H-pyrrole nitrogens is 1. The number of hydrogen-bond donors (Lipinski definition) is 3. The van der Waals surface area contributed by atoms with E-state index in [0.29, 0.717) is 51.5 Å². The molecule has 9 heteroatoms. The van der Waals surface area contributed by atoms with Crippen LogP contribution in [0.15, 0.2) is 41.3 Å². The summed E-state index contributed by atoms with van der Waals surface area (Å²) in [6.07, 6.45) is 1.62. The Morgan fingerprint density at radius 1 is 1.22 bits per heavy atom. The topological polar surface area (TPSA) is 109 Å². The van der Waals surface area contributed by atoms with Crippen LogP contribution < -0.4 is 15.6 Å². The van der Waals surface area contributed by atoms with Crippen LogP contribution in [0.4, 0.5) is 4.39 Å². The first kappa shape index (κ1) is 25.1. The lowest BCUT2D eigenvalue weighted by Gasteiger charge is -2.20. The second kappa shape index (κ2) is 9.23. The maximum absolute atomic E-state index is 13.9. The molecule has 188 valence electrons. The minimum absolute atomic E-state index is 0.239. The second-order valence-electron chi connectivity index (χ2n) is 9.36. The number of aromatic nitrogens is 3. The monoisotopic (exact) mass is 492 g/mol. The van der Waals surface area contributed by atoms with Gasteiger partial charge in [0.15, 0.2) is 5.75 Å². The van der Waals surface area contributed by atoms with Crippen LogP contribution in [-0.4, -0.2) is 32.1 Å². The fraction of sp³-hybridized carbons (Fsp3) is 0.296. The summed E-state index contributed by atoms with van der Waals surface area (Å²) in [5.74, 6) is 0.127. The zero-order valence-corrected chi connectivity index (χ0v) is 21.1. The van der Waals surface area contributed by atoms with Gasteiger partial charge in [-0.2, -0.15) is 0 Å².